The molecule has 6 heteroatoms. The zero-order chi connectivity index (χ0) is 12.4. The van der Waals surface area contributed by atoms with Crippen molar-refractivity contribution in [3.8, 4) is 0 Å². The summed E-state index contributed by atoms with van der Waals surface area (Å²) >= 11 is 5.14. The molecule has 0 aliphatic carbocycles. The minimum atomic E-state index is 0.00597. The van der Waals surface area contributed by atoms with Crippen molar-refractivity contribution in [3.05, 3.63) is 20.8 Å². The first-order valence-corrected chi connectivity index (χ1v) is 7.25. The minimum Gasteiger partial charge on any atom is -0.354 e. The van der Waals surface area contributed by atoms with Gasteiger partial charge in [0, 0.05) is 33.9 Å². The fourth-order valence-corrected chi connectivity index (χ4v) is 3.84. The molecule has 1 fully saturated rings. The lowest BCUT2D eigenvalue weighted by molar-refractivity contribution is -0.125. The number of nitrogens with one attached hydrogen (secondary N) is 1. The summed E-state index contributed by atoms with van der Waals surface area (Å²) in [5, 5.41) is 4.89. The molecule has 0 bridgehead atoms. The number of carbonyl (C=O) groups excluding carboxylic acids is 1. The summed E-state index contributed by atoms with van der Waals surface area (Å²) in [6, 6.07) is 2.22. The van der Waals surface area contributed by atoms with Crippen molar-refractivity contribution in [3.63, 3.8) is 0 Å². The molecule has 1 aromatic rings. The first-order chi connectivity index (χ1) is 8.08. The highest BCUT2D eigenvalue weighted by Gasteiger charge is 2.29. The molecule has 0 radical (unpaired) electrons. The molecule has 1 aliphatic rings. The van der Waals surface area contributed by atoms with Gasteiger partial charge in [-0.2, -0.15) is 0 Å². The lowest BCUT2D eigenvalue weighted by Crippen LogP contribution is -2.51. The van der Waals surface area contributed by atoms with Crippen LogP contribution < -0.4 is 11.1 Å². The molecule has 1 amide bonds. The van der Waals surface area contributed by atoms with E-state index in [-0.39, 0.29) is 18.0 Å². The zero-order valence-corrected chi connectivity index (χ0v) is 12.1. The second-order valence-electron chi connectivity index (χ2n) is 4.29. The molecular formula is C11H16BrN3OS. The van der Waals surface area contributed by atoms with E-state index < -0.39 is 0 Å². The summed E-state index contributed by atoms with van der Waals surface area (Å²) in [4.78, 5) is 14.8. The quantitative estimate of drug-likeness (QED) is 0.884. The summed E-state index contributed by atoms with van der Waals surface area (Å²) in [6.07, 6.45) is 0. The number of nitrogens with two attached hydrogens (primary N) is 1. The van der Waals surface area contributed by atoms with Gasteiger partial charge in [-0.25, -0.2) is 0 Å². The number of hydrogen-bond acceptors (Lipinski definition) is 4. The summed E-state index contributed by atoms with van der Waals surface area (Å²) in [6.45, 7) is 3.98. The Hall–Kier alpha value is -0.430. The first kappa shape index (κ1) is 13.0. The lowest BCUT2D eigenvalue weighted by atomic mass is 10.1. The number of rotatable bonds is 3. The van der Waals surface area contributed by atoms with E-state index in [2.05, 4.69) is 37.6 Å². The van der Waals surface area contributed by atoms with Crippen LogP contribution in [0, 0.1) is 0 Å². The summed E-state index contributed by atoms with van der Waals surface area (Å²) in [5.41, 5.74) is 6.07. The van der Waals surface area contributed by atoms with Gasteiger partial charge in [-0.3, -0.25) is 9.69 Å². The fourth-order valence-electron chi connectivity index (χ4n) is 2.15. The Bertz CT molecular complexity index is 407. The van der Waals surface area contributed by atoms with Crippen LogP contribution in [0.5, 0.6) is 0 Å². The van der Waals surface area contributed by atoms with E-state index >= 15 is 0 Å². The predicted molar refractivity (Wildman–Crippen MR) is 73.0 cm³/mol. The Morgan fingerprint density at radius 3 is 2.94 bits per heavy atom. The first-order valence-electron chi connectivity index (χ1n) is 5.58. The Kier molecular flexibility index (Phi) is 4.19. The summed E-state index contributed by atoms with van der Waals surface area (Å²) < 4.78 is 1.07. The Balaban J connectivity index is 2.19. The third-order valence-corrected chi connectivity index (χ3v) is 4.60. The van der Waals surface area contributed by atoms with E-state index in [0.717, 1.165) is 11.0 Å². The average molecular weight is 318 g/mol. The van der Waals surface area contributed by atoms with Crippen molar-refractivity contribution in [2.24, 2.45) is 5.73 Å². The van der Waals surface area contributed by atoms with Crippen LogP contribution >= 0.6 is 27.3 Å². The fraction of sp³-hybridized carbons (Fsp3) is 0.545. The number of piperazine rings is 1. The highest BCUT2D eigenvalue weighted by Crippen LogP contribution is 2.31. The second kappa shape index (κ2) is 5.48. The smallest absolute Gasteiger partial charge is 0.234 e. The number of halogens is 1. The molecule has 4 nitrogen and oxygen atoms in total. The monoisotopic (exact) mass is 317 g/mol. The van der Waals surface area contributed by atoms with Crippen molar-refractivity contribution in [2.75, 3.05) is 19.6 Å². The number of thiophene rings is 1. The van der Waals surface area contributed by atoms with Gasteiger partial charge in [0.25, 0.3) is 0 Å². The topological polar surface area (TPSA) is 58.4 Å². The van der Waals surface area contributed by atoms with Crippen molar-refractivity contribution in [1.29, 1.82) is 0 Å². The third-order valence-electron chi connectivity index (χ3n) is 2.84. The maximum Gasteiger partial charge on any atom is 0.234 e. The predicted octanol–water partition coefficient (Wildman–Crippen LogP) is 1.33. The Labute approximate surface area is 113 Å². The third kappa shape index (κ3) is 3.07. The van der Waals surface area contributed by atoms with E-state index in [0.29, 0.717) is 13.1 Å². The van der Waals surface area contributed by atoms with Gasteiger partial charge in [0.1, 0.15) is 0 Å². The molecule has 2 heterocycles. The molecule has 2 unspecified atom stereocenters. The van der Waals surface area contributed by atoms with Crippen LogP contribution in [0.25, 0.3) is 0 Å². The van der Waals surface area contributed by atoms with Gasteiger partial charge in [0.15, 0.2) is 0 Å². The molecule has 1 aliphatic heterocycles. The number of amides is 1. The standard InChI is InChI=1S/C11H16BrN3OS/c1-7(13)11(9-4-8(12)6-17-9)15-3-2-14-10(16)5-15/h4,6-7,11H,2-3,5,13H2,1H3,(H,14,16). The Morgan fingerprint density at radius 1 is 1.65 bits per heavy atom. The van der Waals surface area contributed by atoms with Crippen molar-refractivity contribution >= 4 is 33.2 Å². The maximum absolute atomic E-state index is 11.4. The minimum absolute atomic E-state index is 0.00597. The SMILES string of the molecule is CC(N)C(c1cc(Br)cs1)N1CCNC(=O)C1. The summed E-state index contributed by atoms with van der Waals surface area (Å²) in [7, 11) is 0. The van der Waals surface area contributed by atoms with Gasteiger partial charge in [-0.05, 0) is 28.9 Å². The zero-order valence-electron chi connectivity index (χ0n) is 9.65. The molecule has 2 atom stereocenters. The normalized spacial score (nSPS) is 21.0. The van der Waals surface area contributed by atoms with Gasteiger partial charge in [-0.1, -0.05) is 0 Å². The van der Waals surface area contributed by atoms with Crippen LogP contribution in [0.2, 0.25) is 0 Å². The lowest BCUT2D eigenvalue weighted by Gasteiger charge is -2.35. The molecule has 94 valence electrons. The molecule has 3 N–H and O–H groups in total. The van der Waals surface area contributed by atoms with Gasteiger partial charge < -0.3 is 11.1 Å². The maximum atomic E-state index is 11.4. The van der Waals surface area contributed by atoms with Crippen LogP contribution in [-0.4, -0.2) is 36.5 Å². The van der Waals surface area contributed by atoms with Crippen LogP contribution in [0.4, 0.5) is 0 Å². The van der Waals surface area contributed by atoms with Gasteiger partial charge in [-0.15, -0.1) is 11.3 Å². The van der Waals surface area contributed by atoms with Gasteiger partial charge >= 0.3 is 0 Å². The van der Waals surface area contributed by atoms with E-state index in [4.69, 9.17) is 5.73 Å². The van der Waals surface area contributed by atoms with Crippen LogP contribution in [0.3, 0.4) is 0 Å². The Morgan fingerprint density at radius 2 is 2.41 bits per heavy atom. The molecule has 0 spiro atoms. The van der Waals surface area contributed by atoms with Crippen LogP contribution in [0.1, 0.15) is 17.8 Å². The van der Waals surface area contributed by atoms with E-state index in [1.165, 1.54) is 4.88 Å². The van der Waals surface area contributed by atoms with Crippen molar-refractivity contribution in [1.82, 2.24) is 10.2 Å². The van der Waals surface area contributed by atoms with Crippen LogP contribution in [-0.2, 0) is 4.79 Å². The second-order valence-corrected chi connectivity index (χ2v) is 6.15. The van der Waals surface area contributed by atoms with Crippen molar-refractivity contribution in [2.45, 2.75) is 19.0 Å². The average Bonchev–Trinajstić information content (AvgIpc) is 2.64. The highest BCUT2D eigenvalue weighted by atomic mass is 79.9. The number of nitrogens with zero attached hydrogens (tertiary/aromatic N) is 1. The summed E-state index contributed by atoms with van der Waals surface area (Å²) in [5.74, 6) is 0.0810. The van der Waals surface area contributed by atoms with Crippen LogP contribution in [0.15, 0.2) is 15.9 Å². The molecule has 17 heavy (non-hydrogen) atoms. The molecular weight excluding hydrogens is 302 g/mol. The molecule has 1 aromatic heterocycles. The van der Waals surface area contributed by atoms with Gasteiger partial charge in [0.05, 0.1) is 12.6 Å². The molecule has 0 aromatic carbocycles. The molecule has 1 saturated heterocycles. The molecule has 0 saturated carbocycles. The largest absolute Gasteiger partial charge is 0.354 e. The van der Waals surface area contributed by atoms with Crippen molar-refractivity contribution < 1.29 is 4.79 Å². The highest BCUT2D eigenvalue weighted by molar-refractivity contribution is 9.10. The van der Waals surface area contributed by atoms with E-state index in [9.17, 15) is 4.79 Å². The van der Waals surface area contributed by atoms with E-state index in [1.807, 2.05) is 6.92 Å². The van der Waals surface area contributed by atoms with E-state index in [1.54, 1.807) is 11.3 Å². The van der Waals surface area contributed by atoms with Gasteiger partial charge in [0.2, 0.25) is 5.91 Å². The number of carbonyl (C=O) groups is 1. The number of hydrogen-bond donors (Lipinski definition) is 2. The molecule has 2 rings (SSSR count).